The Morgan fingerprint density at radius 3 is 1.59 bits per heavy atom. The first-order chi connectivity index (χ1) is 24.1. The first-order valence-electron chi connectivity index (χ1n) is 20.9. The van der Waals surface area contributed by atoms with Crippen molar-refractivity contribution in [3.63, 3.8) is 0 Å². The summed E-state index contributed by atoms with van der Waals surface area (Å²) < 4.78 is 11.8. The monoisotopic (exact) mass is 685 g/mol. The number of unbranched alkanes of at least 4 members (excludes halogenated alkanes) is 16. The van der Waals surface area contributed by atoms with Crippen molar-refractivity contribution in [2.24, 2.45) is 0 Å². The van der Waals surface area contributed by atoms with Gasteiger partial charge in [0.25, 0.3) is 0 Å². The zero-order valence-electron chi connectivity index (χ0n) is 32.9. The summed E-state index contributed by atoms with van der Waals surface area (Å²) in [5.41, 5.74) is 0. The summed E-state index contributed by atoms with van der Waals surface area (Å²) in [6.45, 7) is 7.80. The minimum Gasteiger partial charge on any atom is -0.464 e. The fourth-order valence-electron chi connectivity index (χ4n) is 6.21. The van der Waals surface area contributed by atoms with Crippen LogP contribution in [0.1, 0.15) is 174 Å². The Bertz CT molecular complexity index is 849. The van der Waals surface area contributed by atoms with Crippen molar-refractivity contribution >= 4 is 5.97 Å². The molecule has 49 heavy (non-hydrogen) atoms. The largest absolute Gasteiger partial charge is 0.464 e. The fourth-order valence-corrected chi connectivity index (χ4v) is 6.21. The number of carbonyl (C=O) groups is 1. The Balaban J connectivity index is 2.08. The highest BCUT2D eigenvalue weighted by Crippen LogP contribution is 2.31. The van der Waals surface area contributed by atoms with E-state index in [1.54, 1.807) is 0 Å². The molecule has 0 radical (unpaired) electrons. The van der Waals surface area contributed by atoms with Crippen LogP contribution in [-0.2, 0) is 14.3 Å². The summed E-state index contributed by atoms with van der Waals surface area (Å²) in [6, 6.07) is 0. The van der Waals surface area contributed by atoms with E-state index in [1.165, 1.54) is 109 Å². The molecule has 0 aliphatic carbocycles. The Morgan fingerprint density at radius 2 is 1.06 bits per heavy atom. The topological polar surface area (TPSA) is 45.3 Å². The van der Waals surface area contributed by atoms with E-state index in [1.807, 2.05) is 0 Å². The maximum absolute atomic E-state index is 12.4. The van der Waals surface area contributed by atoms with Crippen LogP contribution in [0.2, 0.25) is 0 Å². The van der Waals surface area contributed by atoms with Gasteiger partial charge in [0.05, 0.1) is 6.10 Å². The van der Waals surface area contributed by atoms with Gasteiger partial charge >= 0.3 is 5.97 Å². The number of ether oxygens (including phenoxy) is 2. The van der Waals surface area contributed by atoms with Gasteiger partial charge in [0.2, 0.25) is 0 Å². The van der Waals surface area contributed by atoms with Crippen molar-refractivity contribution in [3.8, 4) is 0 Å². The Hall–Kier alpha value is -1.69. The highest BCUT2D eigenvalue weighted by Gasteiger charge is 2.42. The molecule has 1 aliphatic rings. The van der Waals surface area contributed by atoms with Crippen LogP contribution in [0.4, 0.5) is 0 Å². The summed E-state index contributed by atoms with van der Waals surface area (Å²) >= 11 is 0. The first-order valence-corrected chi connectivity index (χ1v) is 20.9. The van der Waals surface area contributed by atoms with Crippen molar-refractivity contribution in [2.75, 3.05) is 40.3 Å². The van der Waals surface area contributed by atoms with E-state index >= 15 is 0 Å². The second-order valence-corrected chi connectivity index (χ2v) is 14.5. The van der Waals surface area contributed by atoms with Gasteiger partial charge in [0.1, 0.15) is 12.8 Å². The SMILES string of the molecule is CCCCC/C=C\C/C=C\CCCCCCCC(=O)OCCN(CCCN(C)C)C1OC1CCCCCCC/C=C\C/C=C\CCCCC. The predicted molar refractivity (Wildman–Crippen MR) is 213 cm³/mol. The van der Waals surface area contributed by atoms with Gasteiger partial charge in [-0.05, 0) is 104 Å². The average Bonchev–Trinajstić information content (AvgIpc) is 3.86. The number of rotatable bonds is 36. The van der Waals surface area contributed by atoms with Crippen LogP contribution >= 0.6 is 0 Å². The highest BCUT2D eigenvalue weighted by atomic mass is 16.6. The van der Waals surface area contributed by atoms with Gasteiger partial charge in [0.15, 0.2) is 0 Å². The summed E-state index contributed by atoms with van der Waals surface area (Å²) in [4.78, 5) is 17.0. The zero-order chi connectivity index (χ0) is 35.5. The third kappa shape index (κ3) is 30.8. The molecule has 0 N–H and O–H groups in total. The predicted octanol–water partition coefficient (Wildman–Crippen LogP) is 12.1. The Morgan fingerprint density at radius 1 is 0.571 bits per heavy atom. The molecule has 5 heteroatoms. The maximum atomic E-state index is 12.4. The quantitative estimate of drug-likeness (QED) is 0.0284. The fraction of sp³-hybridized carbons (Fsp3) is 0.795. The molecular weight excluding hydrogens is 604 g/mol. The molecule has 2 atom stereocenters. The van der Waals surface area contributed by atoms with Crippen LogP contribution in [-0.4, -0.2) is 68.4 Å². The van der Waals surface area contributed by atoms with Crippen molar-refractivity contribution in [3.05, 3.63) is 48.6 Å². The van der Waals surface area contributed by atoms with Gasteiger partial charge in [-0.3, -0.25) is 9.69 Å². The lowest BCUT2D eigenvalue weighted by Gasteiger charge is -2.21. The molecule has 1 rings (SSSR count). The molecule has 1 aliphatic heterocycles. The van der Waals surface area contributed by atoms with Gasteiger partial charge in [-0.1, -0.05) is 133 Å². The van der Waals surface area contributed by atoms with Crippen LogP contribution in [0, 0.1) is 0 Å². The van der Waals surface area contributed by atoms with E-state index in [9.17, 15) is 4.79 Å². The van der Waals surface area contributed by atoms with Crippen molar-refractivity contribution in [1.82, 2.24) is 9.80 Å². The number of hydrogen-bond donors (Lipinski definition) is 0. The smallest absolute Gasteiger partial charge is 0.305 e. The van der Waals surface area contributed by atoms with Crippen LogP contribution in [0.5, 0.6) is 0 Å². The van der Waals surface area contributed by atoms with Gasteiger partial charge in [0, 0.05) is 19.5 Å². The van der Waals surface area contributed by atoms with Gasteiger partial charge in [-0.2, -0.15) is 0 Å². The van der Waals surface area contributed by atoms with E-state index in [4.69, 9.17) is 9.47 Å². The standard InChI is InChI=1S/C44H80N2O3/c1-5-7-9-11-13-15-17-19-21-23-25-27-29-31-33-36-42-44(49-42)46(39-35-38-45(3)4)40-41-48-43(47)37-34-32-30-28-26-24-22-20-18-16-14-12-10-8-6-2/h13-16,19-22,42,44H,5-12,17-18,23-41H2,1-4H3/b15-13-,16-14-,21-19-,22-20-. The van der Waals surface area contributed by atoms with Gasteiger partial charge in [-0.15, -0.1) is 0 Å². The number of carbonyl (C=O) groups excluding carboxylic acids is 1. The lowest BCUT2D eigenvalue weighted by atomic mass is 10.1. The van der Waals surface area contributed by atoms with Gasteiger partial charge < -0.3 is 14.4 Å². The van der Waals surface area contributed by atoms with E-state index in [-0.39, 0.29) is 12.2 Å². The molecule has 1 fully saturated rings. The molecule has 284 valence electrons. The molecule has 0 bridgehead atoms. The third-order valence-corrected chi connectivity index (χ3v) is 9.38. The van der Waals surface area contributed by atoms with Crippen LogP contribution in [0.3, 0.4) is 0 Å². The van der Waals surface area contributed by atoms with E-state index < -0.39 is 0 Å². The van der Waals surface area contributed by atoms with Crippen LogP contribution < -0.4 is 0 Å². The van der Waals surface area contributed by atoms with Crippen molar-refractivity contribution < 1.29 is 14.3 Å². The molecule has 0 aromatic heterocycles. The molecule has 0 aromatic carbocycles. The third-order valence-electron chi connectivity index (χ3n) is 9.38. The Kier molecular flexibility index (Phi) is 32.1. The van der Waals surface area contributed by atoms with Crippen molar-refractivity contribution in [1.29, 1.82) is 0 Å². The van der Waals surface area contributed by atoms with Crippen LogP contribution in [0.25, 0.3) is 0 Å². The lowest BCUT2D eigenvalue weighted by Crippen LogP contribution is -2.34. The van der Waals surface area contributed by atoms with E-state index in [2.05, 4.69) is 86.4 Å². The molecule has 5 nitrogen and oxygen atoms in total. The first kappa shape index (κ1) is 45.3. The van der Waals surface area contributed by atoms with E-state index in [0.29, 0.717) is 19.1 Å². The summed E-state index contributed by atoms with van der Waals surface area (Å²) in [5.74, 6) is -0.0441. The molecule has 0 saturated carbocycles. The van der Waals surface area contributed by atoms with Crippen molar-refractivity contribution in [2.45, 2.75) is 187 Å². The number of allylic oxidation sites excluding steroid dienone is 8. The highest BCUT2D eigenvalue weighted by molar-refractivity contribution is 5.69. The number of esters is 1. The van der Waals surface area contributed by atoms with Gasteiger partial charge in [-0.25, -0.2) is 0 Å². The lowest BCUT2D eigenvalue weighted by molar-refractivity contribution is -0.144. The number of nitrogens with zero attached hydrogens (tertiary/aromatic N) is 2. The average molecular weight is 685 g/mol. The summed E-state index contributed by atoms with van der Waals surface area (Å²) in [5, 5.41) is 0. The Labute approximate surface area is 305 Å². The second-order valence-electron chi connectivity index (χ2n) is 14.5. The van der Waals surface area contributed by atoms with E-state index in [0.717, 1.165) is 64.6 Å². The minimum absolute atomic E-state index is 0.0441. The molecule has 0 spiro atoms. The minimum atomic E-state index is -0.0441. The second kappa shape index (κ2) is 34.7. The molecule has 1 saturated heterocycles. The summed E-state index contributed by atoms with van der Waals surface area (Å²) in [6.07, 6.45) is 49.0. The molecular formula is C44H80N2O3. The van der Waals surface area contributed by atoms with Crippen LogP contribution in [0.15, 0.2) is 48.6 Å². The normalized spacial score (nSPS) is 16.5. The summed E-state index contributed by atoms with van der Waals surface area (Å²) in [7, 11) is 4.25. The molecule has 0 amide bonds. The number of hydrogen-bond acceptors (Lipinski definition) is 5. The number of epoxide rings is 1. The molecule has 0 aromatic rings. The maximum Gasteiger partial charge on any atom is 0.305 e. The zero-order valence-corrected chi connectivity index (χ0v) is 32.9. The molecule has 1 heterocycles. The molecule has 2 unspecified atom stereocenters.